The second-order valence-corrected chi connectivity index (χ2v) is 5.97. The molecule has 1 aromatic rings. The van der Waals surface area contributed by atoms with Crippen molar-refractivity contribution in [1.82, 2.24) is 25.9 Å². The lowest BCUT2D eigenvalue weighted by Gasteiger charge is -2.25. The Bertz CT molecular complexity index is 678. The summed E-state index contributed by atoms with van der Waals surface area (Å²) >= 11 is 0. The first-order valence-corrected chi connectivity index (χ1v) is 8.27. The van der Waals surface area contributed by atoms with Gasteiger partial charge in [-0.2, -0.15) is 0 Å². The van der Waals surface area contributed by atoms with Gasteiger partial charge >= 0.3 is 5.97 Å². The predicted molar refractivity (Wildman–Crippen MR) is 93.5 cm³/mol. The molecule has 0 aliphatic carbocycles. The third-order valence-corrected chi connectivity index (χ3v) is 3.62. The molecule has 3 amide bonds. The summed E-state index contributed by atoms with van der Waals surface area (Å²) in [7, 11) is 0. The predicted octanol–water partition coefficient (Wildman–Crippen LogP) is -4.18. The highest BCUT2D eigenvalue weighted by molar-refractivity contribution is 5.94. The molecule has 0 bridgehead atoms. The normalized spacial score (nSPS) is 15.0. The Labute approximate surface area is 159 Å². The summed E-state index contributed by atoms with van der Waals surface area (Å²) in [5.41, 5.74) is 5.92. The summed E-state index contributed by atoms with van der Waals surface area (Å²) in [5.74, 6) is -3.84. The highest BCUT2D eigenvalue weighted by Crippen LogP contribution is 2.02. The standard InChI is InChI=1S/C15H24N6O7/c1-7(23)12(15(28)18-4-11(24)25)21-14(27)10(2-8-3-17-6-19-8)20-13(26)9(16)5-22/h3,6-7,9-10,12,22-23H,2,4-5,16H2,1H3,(H,17,19)(H,18,28)(H,20,26)(H,21,27)(H,24,25). The quantitative estimate of drug-likeness (QED) is 0.180. The van der Waals surface area contributed by atoms with Gasteiger partial charge in [-0.3, -0.25) is 19.2 Å². The molecule has 1 heterocycles. The van der Waals surface area contributed by atoms with E-state index in [9.17, 15) is 24.3 Å². The van der Waals surface area contributed by atoms with Crippen LogP contribution in [0.4, 0.5) is 0 Å². The second-order valence-electron chi connectivity index (χ2n) is 5.97. The average molecular weight is 400 g/mol. The number of aliphatic carboxylic acids is 1. The summed E-state index contributed by atoms with van der Waals surface area (Å²) < 4.78 is 0. The molecule has 0 aliphatic heterocycles. The van der Waals surface area contributed by atoms with Crippen molar-refractivity contribution in [2.75, 3.05) is 13.2 Å². The van der Waals surface area contributed by atoms with E-state index >= 15 is 0 Å². The van der Waals surface area contributed by atoms with Gasteiger partial charge in [0.15, 0.2) is 0 Å². The summed E-state index contributed by atoms with van der Waals surface area (Å²) in [6.45, 7) is -0.106. The van der Waals surface area contributed by atoms with Crippen LogP contribution in [-0.2, 0) is 25.6 Å². The second kappa shape index (κ2) is 11.0. The Balaban J connectivity index is 2.90. The van der Waals surface area contributed by atoms with E-state index < -0.39 is 61.1 Å². The summed E-state index contributed by atoms with van der Waals surface area (Å²) in [5, 5.41) is 34.0. The zero-order valence-electron chi connectivity index (χ0n) is 15.1. The number of nitrogens with one attached hydrogen (secondary N) is 4. The van der Waals surface area contributed by atoms with Crippen LogP contribution in [0.2, 0.25) is 0 Å². The smallest absolute Gasteiger partial charge is 0.322 e. The number of imidazole rings is 1. The van der Waals surface area contributed by atoms with Crippen molar-refractivity contribution in [3.63, 3.8) is 0 Å². The van der Waals surface area contributed by atoms with Crippen LogP contribution in [-0.4, -0.2) is 86.4 Å². The van der Waals surface area contributed by atoms with Crippen LogP contribution >= 0.6 is 0 Å². The number of carbonyl (C=O) groups is 4. The number of rotatable bonds is 11. The number of carboxylic acids is 1. The Morgan fingerprint density at radius 3 is 2.39 bits per heavy atom. The minimum absolute atomic E-state index is 0.0427. The van der Waals surface area contributed by atoms with Gasteiger partial charge in [-0.1, -0.05) is 0 Å². The van der Waals surface area contributed by atoms with Crippen LogP contribution in [0.3, 0.4) is 0 Å². The highest BCUT2D eigenvalue weighted by Gasteiger charge is 2.31. The van der Waals surface area contributed by atoms with Gasteiger partial charge in [0.25, 0.3) is 0 Å². The van der Waals surface area contributed by atoms with E-state index in [0.717, 1.165) is 0 Å². The fourth-order valence-electron chi connectivity index (χ4n) is 2.12. The number of hydrogen-bond donors (Lipinski definition) is 8. The van der Waals surface area contributed by atoms with E-state index in [1.807, 2.05) is 0 Å². The third-order valence-electron chi connectivity index (χ3n) is 3.62. The van der Waals surface area contributed by atoms with Crippen LogP contribution in [0.1, 0.15) is 12.6 Å². The highest BCUT2D eigenvalue weighted by atomic mass is 16.4. The van der Waals surface area contributed by atoms with Gasteiger partial charge in [0.1, 0.15) is 24.7 Å². The van der Waals surface area contributed by atoms with Crippen molar-refractivity contribution in [1.29, 1.82) is 0 Å². The molecule has 0 fully saturated rings. The van der Waals surface area contributed by atoms with Crippen molar-refractivity contribution in [2.24, 2.45) is 5.73 Å². The van der Waals surface area contributed by atoms with Crippen LogP contribution in [0.25, 0.3) is 0 Å². The summed E-state index contributed by atoms with van der Waals surface area (Å²) in [6.07, 6.45) is 1.40. The van der Waals surface area contributed by atoms with Crippen LogP contribution in [0, 0.1) is 0 Å². The molecule has 9 N–H and O–H groups in total. The van der Waals surface area contributed by atoms with Crippen molar-refractivity contribution in [3.8, 4) is 0 Å². The zero-order valence-corrected chi connectivity index (χ0v) is 15.1. The lowest BCUT2D eigenvalue weighted by Crippen LogP contribution is -2.59. The maximum atomic E-state index is 12.6. The van der Waals surface area contributed by atoms with Gasteiger partial charge in [-0.25, -0.2) is 4.98 Å². The average Bonchev–Trinajstić information content (AvgIpc) is 3.15. The van der Waals surface area contributed by atoms with E-state index in [-0.39, 0.29) is 6.42 Å². The Morgan fingerprint density at radius 1 is 1.21 bits per heavy atom. The molecule has 28 heavy (non-hydrogen) atoms. The molecule has 0 aromatic carbocycles. The number of carboxylic acid groups (broad SMARTS) is 1. The Hall–Kier alpha value is -3.03. The van der Waals surface area contributed by atoms with E-state index in [0.29, 0.717) is 5.69 Å². The number of amides is 3. The molecule has 13 heteroatoms. The molecule has 0 spiro atoms. The van der Waals surface area contributed by atoms with Gasteiger partial charge < -0.3 is 42.0 Å². The first-order chi connectivity index (χ1) is 13.1. The first-order valence-electron chi connectivity index (χ1n) is 8.27. The number of nitrogens with two attached hydrogens (primary N) is 1. The lowest BCUT2D eigenvalue weighted by molar-refractivity contribution is -0.139. The van der Waals surface area contributed by atoms with E-state index in [1.54, 1.807) is 0 Å². The molecular weight excluding hydrogens is 376 g/mol. The fraction of sp³-hybridized carbons (Fsp3) is 0.533. The lowest BCUT2D eigenvalue weighted by atomic mass is 10.1. The van der Waals surface area contributed by atoms with Gasteiger partial charge in [-0.15, -0.1) is 0 Å². The first kappa shape index (κ1) is 23.0. The number of aromatic nitrogens is 2. The van der Waals surface area contributed by atoms with Gasteiger partial charge in [0, 0.05) is 18.3 Å². The van der Waals surface area contributed by atoms with Gasteiger partial charge in [-0.05, 0) is 6.92 Å². The molecule has 13 nitrogen and oxygen atoms in total. The van der Waals surface area contributed by atoms with Crippen LogP contribution in [0.5, 0.6) is 0 Å². The molecule has 1 rings (SSSR count). The van der Waals surface area contributed by atoms with Crippen molar-refractivity contribution < 1.29 is 34.5 Å². The molecule has 0 aliphatic rings. The minimum atomic E-state index is -1.46. The van der Waals surface area contributed by atoms with Crippen LogP contribution < -0.4 is 21.7 Å². The minimum Gasteiger partial charge on any atom is -0.480 e. The zero-order chi connectivity index (χ0) is 21.3. The summed E-state index contributed by atoms with van der Waals surface area (Å²) in [6, 6.07) is -3.93. The summed E-state index contributed by atoms with van der Waals surface area (Å²) in [4.78, 5) is 53.7. The SMILES string of the molecule is CC(O)C(NC(=O)C(Cc1cnc[nH]1)NC(=O)C(N)CO)C(=O)NCC(=O)O. The number of hydrogen-bond acceptors (Lipinski definition) is 8. The molecule has 156 valence electrons. The molecule has 4 atom stereocenters. The number of carbonyl (C=O) groups excluding carboxylic acids is 3. The molecule has 1 aromatic heterocycles. The number of aliphatic hydroxyl groups excluding tert-OH is 2. The van der Waals surface area contributed by atoms with Crippen molar-refractivity contribution in [2.45, 2.75) is 37.6 Å². The van der Waals surface area contributed by atoms with Crippen LogP contribution in [0.15, 0.2) is 12.5 Å². The van der Waals surface area contributed by atoms with Crippen molar-refractivity contribution >= 4 is 23.7 Å². The van der Waals surface area contributed by atoms with E-state index in [4.69, 9.17) is 15.9 Å². The van der Waals surface area contributed by atoms with Gasteiger partial charge in [0.05, 0.1) is 19.0 Å². The maximum absolute atomic E-state index is 12.6. The largest absolute Gasteiger partial charge is 0.480 e. The fourth-order valence-corrected chi connectivity index (χ4v) is 2.12. The number of aromatic amines is 1. The molecule has 0 saturated carbocycles. The number of aliphatic hydroxyl groups is 2. The topological polar surface area (TPSA) is 220 Å². The molecular formula is C15H24N6O7. The Morgan fingerprint density at radius 2 is 1.89 bits per heavy atom. The number of nitrogens with zero attached hydrogens (tertiary/aromatic N) is 1. The molecule has 0 saturated heterocycles. The Kier molecular flexibility index (Phi) is 9.01. The third kappa shape index (κ3) is 7.30. The molecule has 4 unspecified atom stereocenters. The van der Waals surface area contributed by atoms with E-state index in [2.05, 4.69) is 25.9 Å². The van der Waals surface area contributed by atoms with Crippen molar-refractivity contribution in [3.05, 3.63) is 18.2 Å². The van der Waals surface area contributed by atoms with Gasteiger partial charge in [0.2, 0.25) is 17.7 Å². The van der Waals surface area contributed by atoms with E-state index in [1.165, 1.54) is 19.4 Å². The monoisotopic (exact) mass is 400 g/mol. The maximum Gasteiger partial charge on any atom is 0.322 e. The molecule has 0 radical (unpaired) electrons. The number of H-pyrrole nitrogens is 1.